The van der Waals surface area contributed by atoms with E-state index in [0.717, 1.165) is 5.69 Å². The largest absolute Gasteiger partial charge is 0.376 e. The van der Waals surface area contributed by atoms with Crippen LogP contribution in [0.25, 0.3) is 0 Å². The lowest BCUT2D eigenvalue weighted by Crippen LogP contribution is -2.29. The highest BCUT2D eigenvalue weighted by atomic mass is 32.2. The van der Waals surface area contributed by atoms with Crippen LogP contribution >= 0.6 is 0 Å². The number of hydrogen-bond acceptors (Lipinski definition) is 7. The number of carbonyl (C=O) groups excluding carboxylic acids is 1. The van der Waals surface area contributed by atoms with Crippen LogP contribution in [0, 0.1) is 6.92 Å². The summed E-state index contributed by atoms with van der Waals surface area (Å²) in [5.74, 6) is 0.354. The SMILES string of the molecule is CC(=O)Nc1ccc(S(=O)(=O)NCCNc2cc(N(C)C)cnn2)c(C)c1. The average Bonchev–Trinajstić information content (AvgIpc) is 2.58. The number of nitrogens with one attached hydrogen (secondary N) is 3. The predicted molar refractivity (Wildman–Crippen MR) is 106 cm³/mol. The summed E-state index contributed by atoms with van der Waals surface area (Å²) < 4.78 is 27.5. The molecule has 0 fully saturated rings. The molecule has 0 unspecified atom stereocenters. The number of carbonyl (C=O) groups is 1. The van der Waals surface area contributed by atoms with Crippen LogP contribution in [0.1, 0.15) is 12.5 Å². The molecule has 1 aromatic carbocycles. The Morgan fingerprint density at radius 1 is 1.19 bits per heavy atom. The van der Waals surface area contributed by atoms with Crippen LogP contribution in [0.4, 0.5) is 17.2 Å². The summed E-state index contributed by atoms with van der Waals surface area (Å²) in [5, 5.41) is 13.5. The average molecular weight is 392 g/mol. The fourth-order valence-electron chi connectivity index (χ4n) is 2.37. The van der Waals surface area contributed by atoms with Crippen LogP contribution in [0.3, 0.4) is 0 Å². The van der Waals surface area contributed by atoms with Gasteiger partial charge in [0.15, 0.2) is 5.82 Å². The number of aryl methyl sites for hydroxylation is 1. The summed E-state index contributed by atoms with van der Waals surface area (Å²) in [4.78, 5) is 13.2. The molecule has 0 saturated heterocycles. The van der Waals surface area contributed by atoms with Gasteiger partial charge in [0.25, 0.3) is 0 Å². The quantitative estimate of drug-likeness (QED) is 0.578. The van der Waals surface area contributed by atoms with Crippen molar-refractivity contribution in [1.82, 2.24) is 14.9 Å². The molecule has 9 nitrogen and oxygen atoms in total. The van der Waals surface area contributed by atoms with E-state index in [1.165, 1.54) is 13.0 Å². The normalized spacial score (nSPS) is 11.1. The molecule has 1 aromatic heterocycles. The number of amides is 1. The van der Waals surface area contributed by atoms with Crippen LogP contribution < -0.4 is 20.3 Å². The zero-order valence-electron chi connectivity index (χ0n) is 15.8. The second kappa shape index (κ2) is 8.78. The van der Waals surface area contributed by atoms with Crippen molar-refractivity contribution in [2.45, 2.75) is 18.7 Å². The van der Waals surface area contributed by atoms with Gasteiger partial charge in [0.05, 0.1) is 16.8 Å². The minimum atomic E-state index is -3.66. The van der Waals surface area contributed by atoms with E-state index in [2.05, 4.69) is 25.6 Å². The lowest BCUT2D eigenvalue weighted by molar-refractivity contribution is -0.114. The van der Waals surface area contributed by atoms with Gasteiger partial charge in [0.1, 0.15) is 0 Å². The minimum absolute atomic E-state index is 0.172. The molecule has 2 rings (SSSR count). The van der Waals surface area contributed by atoms with E-state index >= 15 is 0 Å². The number of benzene rings is 1. The van der Waals surface area contributed by atoms with E-state index in [9.17, 15) is 13.2 Å². The van der Waals surface area contributed by atoms with Crippen molar-refractivity contribution in [3.8, 4) is 0 Å². The molecule has 0 aliphatic rings. The topological polar surface area (TPSA) is 116 Å². The van der Waals surface area contributed by atoms with Gasteiger partial charge in [0.2, 0.25) is 15.9 Å². The zero-order chi connectivity index (χ0) is 20.0. The Morgan fingerprint density at radius 3 is 2.56 bits per heavy atom. The predicted octanol–water partition coefficient (Wildman–Crippen LogP) is 1.20. The summed E-state index contributed by atoms with van der Waals surface area (Å²) in [6.07, 6.45) is 1.64. The Labute approximate surface area is 159 Å². The number of rotatable bonds is 8. The molecule has 1 heterocycles. The molecule has 0 aliphatic heterocycles. The van der Waals surface area contributed by atoms with Gasteiger partial charge in [-0.1, -0.05) is 0 Å². The van der Waals surface area contributed by atoms with Crippen molar-refractivity contribution in [1.29, 1.82) is 0 Å². The van der Waals surface area contributed by atoms with Crippen molar-refractivity contribution in [3.63, 3.8) is 0 Å². The first-order chi connectivity index (χ1) is 12.7. The van der Waals surface area contributed by atoms with E-state index in [1.54, 1.807) is 25.3 Å². The molecule has 1 amide bonds. The monoisotopic (exact) mass is 392 g/mol. The Hall–Kier alpha value is -2.72. The second-order valence-corrected chi connectivity index (χ2v) is 7.91. The van der Waals surface area contributed by atoms with Gasteiger partial charge in [0, 0.05) is 45.9 Å². The van der Waals surface area contributed by atoms with E-state index in [4.69, 9.17) is 0 Å². The maximum atomic E-state index is 12.5. The first-order valence-corrected chi connectivity index (χ1v) is 9.79. The molecule has 3 N–H and O–H groups in total. The number of hydrogen-bond donors (Lipinski definition) is 3. The van der Waals surface area contributed by atoms with Gasteiger partial charge in [-0.25, -0.2) is 13.1 Å². The number of aromatic nitrogens is 2. The van der Waals surface area contributed by atoms with E-state index < -0.39 is 10.0 Å². The number of anilines is 3. The minimum Gasteiger partial charge on any atom is -0.376 e. The van der Waals surface area contributed by atoms with Gasteiger partial charge >= 0.3 is 0 Å². The second-order valence-electron chi connectivity index (χ2n) is 6.18. The molecule has 0 radical (unpaired) electrons. The summed E-state index contributed by atoms with van der Waals surface area (Å²) in [5.41, 5.74) is 1.99. The zero-order valence-corrected chi connectivity index (χ0v) is 16.6. The van der Waals surface area contributed by atoms with Gasteiger partial charge < -0.3 is 15.5 Å². The van der Waals surface area contributed by atoms with Gasteiger partial charge in [-0.3, -0.25) is 4.79 Å². The first kappa shape index (κ1) is 20.6. The highest BCUT2D eigenvalue weighted by molar-refractivity contribution is 7.89. The van der Waals surface area contributed by atoms with E-state index in [1.807, 2.05) is 25.1 Å². The first-order valence-electron chi connectivity index (χ1n) is 8.31. The van der Waals surface area contributed by atoms with Crippen molar-refractivity contribution in [3.05, 3.63) is 36.0 Å². The summed E-state index contributed by atoms with van der Waals surface area (Å²) in [7, 11) is 0.135. The van der Waals surface area contributed by atoms with Crippen molar-refractivity contribution in [2.24, 2.45) is 0 Å². The van der Waals surface area contributed by atoms with Gasteiger partial charge in [-0.15, -0.1) is 5.10 Å². The van der Waals surface area contributed by atoms with Crippen LogP contribution in [-0.4, -0.2) is 51.7 Å². The molecule has 0 spiro atoms. The molecule has 2 aromatic rings. The van der Waals surface area contributed by atoms with Crippen molar-refractivity contribution >= 4 is 33.1 Å². The van der Waals surface area contributed by atoms with Gasteiger partial charge in [-0.2, -0.15) is 5.10 Å². The fourth-order valence-corrected chi connectivity index (χ4v) is 3.63. The Balaban J connectivity index is 1.95. The molecular weight excluding hydrogens is 368 g/mol. The summed E-state index contributed by atoms with van der Waals surface area (Å²) in [6.45, 7) is 3.62. The molecule has 0 bridgehead atoms. The lowest BCUT2D eigenvalue weighted by Gasteiger charge is -2.13. The van der Waals surface area contributed by atoms with Crippen molar-refractivity contribution in [2.75, 3.05) is 42.7 Å². The maximum absolute atomic E-state index is 12.5. The van der Waals surface area contributed by atoms with Crippen LogP contribution in [0.15, 0.2) is 35.4 Å². The Bertz CT molecular complexity index is 915. The van der Waals surface area contributed by atoms with Crippen LogP contribution in [-0.2, 0) is 14.8 Å². The third-order valence-corrected chi connectivity index (χ3v) is 5.29. The van der Waals surface area contributed by atoms with Crippen LogP contribution in [0.2, 0.25) is 0 Å². The molecule has 27 heavy (non-hydrogen) atoms. The molecule has 146 valence electrons. The molecule has 10 heteroatoms. The van der Waals surface area contributed by atoms with Crippen molar-refractivity contribution < 1.29 is 13.2 Å². The standard InChI is InChI=1S/C17H24N6O3S/c1-12-9-14(21-13(2)24)5-6-16(12)27(25,26)20-8-7-18-17-10-15(23(3)4)11-19-22-17/h5-6,9-11,20H,7-8H2,1-4H3,(H,18,22)(H,21,24). The highest BCUT2D eigenvalue weighted by Crippen LogP contribution is 2.19. The molecule has 0 saturated carbocycles. The van der Waals surface area contributed by atoms with Crippen LogP contribution in [0.5, 0.6) is 0 Å². The molecule has 0 aliphatic carbocycles. The summed E-state index contributed by atoms with van der Waals surface area (Å²) in [6, 6.07) is 6.48. The molecular formula is C17H24N6O3S. The highest BCUT2D eigenvalue weighted by Gasteiger charge is 2.16. The lowest BCUT2D eigenvalue weighted by atomic mass is 10.2. The third-order valence-electron chi connectivity index (χ3n) is 3.66. The maximum Gasteiger partial charge on any atom is 0.240 e. The third kappa shape index (κ3) is 5.90. The van der Waals surface area contributed by atoms with E-state index in [-0.39, 0.29) is 17.3 Å². The Kier molecular flexibility index (Phi) is 6.70. The summed E-state index contributed by atoms with van der Waals surface area (Å²) >= 11 is 0. The Morgan fingerprint density at radius 2 is 1.93 bits per heavy atom. The number of sulfonamides is 1. The molecule has 0 atom stereocenters. The number of nitrogens with zero attached hydrogens (tertiary/aromatic N) is 3. The smallest absolute Gasteiger partial charge is 0.240 e. The fraction of sp³-hybridized carbons (Fsp3) is 0.353. The van der Waals surface area contributed by atoms with Gasteiger partial charge in [-0.05, 0) is 30.7 Å². The van der Waals surface area contributed by atoms with E-state index in [0.29, 0.717) is 23.6 Å².